The third kappa shape index (κ3) is 1.56. The number of rotatable bonds is 2. The van der Waals surface area contributed by atoms with Gasteiger partial charge in [0.05, 0.1) is 6.54 Å². The average Bonchev–Trinajstić information content (AvgIpc) is 2.18. The maximum Gasteiger partial charge on any atom is 0.206 e. The van der Waals surface area contributed by atoms with Crippen LogP contribution in [0.25, 0.3) is 0 Å². The van der Waals surface area contributed by atoms with Crippen molar-refractivity contribution in [1.82, 2.24) is 20.2 Å². The van der Waals surface area contributed by atoms with Gasteiger partial charge in [0.1, 0.15) is 0 Å². The van der Waals surface area contributed by atoms with Gasteiger partial charge in [-0.05, 0) is 10.4 Å². The molecule has 0 saturated carbocycles. The highest BCUT2D eigenvalue weighted by Gasteiger charge is 1.96. The van der Waals surface area contributed by atoms with Crippen molar-refractivity contribution in [2.75, 3.05) is 5.88 Å². The molecule has 0 N–H and O–H groups in total. The van der Waals surface area contributed by atoms with Gasteiger partial charge in [0.15, 0.2) is 0 Å². The number of aromatic nitrogens is 4. The number of hydrogen-bond donors (Lipinski definition) is 1. The van der Waals surface area contributed by atoms with Crippen molar-refractivity contribution >= 4 is 24.2 Å². The van der Waals surface area contributed by atoms with E-state index in [4.69, 9.17) is 11.6 Å². The van der Waals surface area contributed by atoms with Crippen LogP contribution in [-0.4, -0.2) is 26.1 Å². The normalized spacial score (nSPS) is 10.0. The van der Waals surface area contributed by atoms with E-state index >= 15 is 0 Å². The first-order chi connectivity index (χ1) is 4.34. The molecule has 0 aliphatic rings. The van der Waals surface area contributed by atoms with Crippen LogP contribution < -0.4 is 0 Å². The van der Waals surface area contributed by atoms with Crippen LogP contribution in [-0.2, 0) is 6.54 Å². The molecular weight excluding hydrogens is 160 g/mol. The Hall–Kier alpha value is -0.290. The van der Waals surface area contributed by atoms with Crippen LogP contribution in [0, 0.1) is 0 Å². The molecule has 0 aromatic carbocycles. The molecule has 9 heavy (non-hydrogen) atoms. The molecule has 0 atom stereocenters. The first-order valence-electron chi connectivity index (χ1n) is 2.35. The molecule has 1 heterocycles. The summed E-state index contributed by atoms with van der Waals surface area (Å²) in [6.07, 6.45) is 0. The zero-order valence-electron chi connectivity index (χ0n) is 4.53. The van der Waals surface area contributed by atoms with Gasteiger partial charge in [-0.3, -0.25) is 0 Å². The van der Waals surface area contributed by atoms with E-state index in [0.29, 0.717) is 17.6 Å². The van der Waals surface area contributed by atoms with Crippen molar-refractivity contribution in [2.24, 2.45) is 0 Å². The third-order valence-corrected chi connectivity index (χ3v) is 1.30. The van der Waals surface area contributed by atoms with Crippen LogP contribution in [0.1, 0.15) is 0 Å². The van der Waals surface area contributed by atoms with Crippen LogP contribution in [0.3, 0.4) is 0 Å². The molecule has 0 saturated heterocycles. The van der Waals surface area contributed by atoms with E-state index in [1.807, 2.05) is 0 Å². The first-order valence-corrected chi connectivity index (χ1v) is 3.34. The predicted molar refractivity (Wildman–Crippen MR) is 35.8 cm³/mol. The highest BCUT2D eigenvalue weighted by molar-refractivity contribution is 7.80. The van der Waals surface area contributed by atoms with E-state index in [9.17, 15) is 0 Å². The minimum Gasteiger partial charge on any atom is -0.219 e. The fraction of sp³-hybridized carbons (Fsp3) is 0.667. The smallest absolute Gasteiger partial charge is 0.206 e. The molecule has 0 aliphatic heterocycles. The Morgan fingerprint density at radius 3 is 2.89 bits per heavy atom. The summed E-state index contributed by atoms with van der Waals surface area (Å²) in [5, 5.41) is 11.0. The highest BCUT2D eigenvalue weighted by atomic mass is 35.5. The van der Waals surface area contributed by atoms with Gasteiger partial charge in [-0.1, -0.05) is 0 Å². The van der Waals surface area contributed by atoms with Crippen LogP contribution in [0.4, 0.5) is 0 Å². The van der Waals surface area contributed by atoms with Gasteiger partial charge in [-0.25, -0.2) is 4.68 Å². The van der Waals surface area contributed by atoms with Crippen molar-refractivity contribution in [3.8, 4) is 0 Å². The van der Waals surface area contributed by atoms with Crippen LogP contribution >= 0.6 is 24.2 Å². The second kappa shape index (κ2) is 3.03. The Labute approximate surface area is 62.6 Å². The molecule has 0 fully saturated rings. The number of alkyl halides is 1. The van der Waals surface area contributed by atoms with Crippen molar-refractivity contribution in [1.29, 1.82) is 0 Å². The van der Waals surface area contributed by atoms with E-state index in [1.54, 1.807) is 0 Å². The molecule has 1 aromatic rings. The molecular formula is C3H5ClN4S. The monoisotopic (exact) mass is 164 g/mol. The van der Waals surface area contributed by atoms with Gasteiger partial charge >= 0.3 is 0 Å². The SMILES string of the molecule is Sc1nnnn1CCCl. The number of hydrogen-bond acceptors (Lipinski definition) is 4. The minimum absolute atomic E-state index is 0.496. The van der Waals surface area contributed by atoms with Crippen molar-refractivity contribution < 1.29 is 0 Å². The number of tetrazole rings is 1. The molecule has 6 heteroatoms. The summed E-state index contributed by atoms with van der Waals surface area (Å²) in [6, 6.07) is 0. The lowest BCUT2D eigenvalue weighted by atomic mass is 10.8. The Kier molecular flexibility index (Phi) is 2.29. The molecule has 1 rings (SSSR count). The fourth-order valence-electron chi connectivity index (χ4n) is 0.425. The molecule has 4 nitrogen and oxygen atoms in total. The third-order valence-electron chi connectivity index (χ3n) is 0.809. The van der Waals surface area contributed by atoms with E-state index in [1.165, 1.54) is 4.68 Å². The highest BCUT2D eigenvalue weighted by Crippen LogP contribution is 1.96. The maximum absolute atomic E-state index is 5.41. The molecule has 0 spiro atoms. The van der Waals surface area contributed by atoms with Crippen LogP contribution in [0.2, 0.25) is 0 Å². The van der Waals surface area contributed by atoms with Gasteiger partial charge in [-0.15, -0.1) is 29.3 Å². The summed E-state index contributed by atoms with van der Waals surface area (Å²) in [5.74, 6) is 0.499. The Bertz CT molecular complexity index is 188. The van der Waals surface area contributed by atoms with Crippen LogP contribution in [0.15, 0.2) is 5.16 Å². The molecule has 0 bridgehead atoms. The van der Waals surface area contributed by atoms with Gasteiger partial charge in [0, 0.05) is 5.88 Å². The summed E-state index contributed by atoms with van der Waals surface area (Å²) in [5.41, 5.74) is 0. The lowest BCUT2D eigenvalue weighted by Crippen LogP contribution is -2.01. The Morgan fingerprint density at radius 1 is 1.67 bits per heavy atom. The van der Waals surface area contributed by atoms with Crippen molar-refractivity contribution in [3.63, 3.8) is 0 Å². The molecule has 0 unspecified atom stereocenters. The minimum atomic E-state index is 0.496. The standard InChI is InChI=1S/C3H5ClN4S/c4-1-2-8-3(9)5-6-7-8/h1-2H2,(H,5,7,9). The van der Waals surface area contributed by atoms with Crippen molar-refractivity contribution in [3.05, 3.63) is 0 Å². The summed E-state index contributed by atoms with van der Waals surface area (Å²) in [7, 11) is 0. The average molecular weight is 165 g/mol. The van der Waals surface area contributed by atoms with Gasteiger partial charge < -0.3 is 0 Å². The Morgan fingerprint density at radius 2 is 2.44 bits per heavy atom. The van der Waals surface area contributed by atoms with Gasteiger partial charge in [0.25, 0.3) is 0 Å². The molecule has 1 aromatic heterocycles. The summed E-state index contributed by atoms with van der Waals surface area (Å²) < 4.78 is 1.52. The summed E-state index contributed by atoms with van der Waals surface area (Å²) in [6.45, 7) is 0.605. The van der Waals surface area contributed by atoms with Crippen LogP contribution in [0.5, 0.6) is 0 Å². The second-order valence-corrected chi connectivity index (χ2v) is 2.17. The molecule has 0 aliphatic carbocycles. The summed E-state index contributed by atoms with van der Waals surface area (Å²) in [4.78, 5) is 0. The lowest BCUT2D eigenvalue weighted by molar-refractivity contribution is 0.586. The molecule has 0 radical (unpaired) electrons. The van der Waals surface area contributed by atoms with E-state index in [2.05, 4.69) is 28.2 Å². The van der Waals surface area contributed by atoms with Crippen molar-refractivity contribution in [2.45, 2.75) is 11.7 Å². The number of aryl methyl sites for hydroxylation is 1. The molecule has 0 amide bonds. The Balaban J connectivity index is 2.69. The van der Waals surface area contributed by atoms with E-state index < -0.39 is 0 Å². The number of thiol groups is 1. The number of halogens is 1. The first kappa shape index (κ1) is 6.82. The lowest BCUT2D eigenvalue weighted by Gasteiger charge is -1.92. The largest absolute Gasteiger partial charge is 0.219 e. The van der Waals surface area contributed by atoms with E-state index in [0.717, 1.165) is 0 Å². The zero-order valence-corrected chi connectivity index (χ0v) is 6.18. The molecule has 50 valence electrons. The fourth-order valence-corrected chi connectivity index (χ4v) is 0.765. The van der Waals surface area contributed by atoms with Gasteiger partial charge in [-0.2, -0.15) is 0 Å². The predicted octanol–water partition coefficient (Wildman–Crippen LogP) is 0.201. The maximum atomic E-state index is 5.41. The quantitative estimate of drug-likeness (QED) is 0.502. The summed E-state index contributed by atoms with van der Waals surface area (Å²) >= 11 is 9.37. The van der Waals surface area contributed by atoms with E-state index in [-0.39, 0.29) is 0 Å². The van der Waals surface area contributed by atoms with Gasteiger partial charge in [0.2, 0.25) is 5.16 Å². The zero-order chi connectivity index (χ0) is 6.69. The number of nitrogens with zero attached hydrogens (tertiary/aromatic N) is 4. The second-order valence-electron chi connectivity index (χ2n) is 1.39. The topological polar surface area (TPSA) is 43.6 Å².